The summed E-state index contributed by atoms with van der Waals surface area (Å²) < 4.78 is 5.44. The average molecular weight is 387 g/mol. The van der Waals surface area contributed by atoms with Crippen LogP contribution in [-0.4, -0.2) is 24.4 Å². The predicted octanol–water partition coefficient (Wildman–Crippen LogP) is 3.64. The second-order valence-corrected chi connectivity index (χ2v) is 9.59. The lowest BCUT2D eigenvalue weighted by Gasteiger charge is -2.30. The average Bonchev–Trinajstić information content (AvgIpc) is 2.76. The largest absolute Gasteiger partial charge is 0.462 e. The Hall–Kier alpha value is -3.08. The van der Waals surface area contributed by atoms with Crippen molar-refractivity contribution in [2.45, 2.75) is 6.92 Å². The molecule has 0 aliphatic carbocycles. The minimum absolute atomic E-state index is 0.00525. The van der Waals surface area contributed by atoms with Crippen LogP contribution in [0.25, 0.3) is 4.85 Å². The molecule has 0 saturated carbocycles. The lowest BCUT2D eigenvalue weighted by molar-refractivity contribution is -0.134. The maximum Gasteiger partial charge on any atom is 0.342 e. The third-order valence-electron chi connectivity index (χ3n) is 4.58. The Kier molecular flexibility index (Phi) is 6.48. The fourth-order valence-corrected chi connectivity index (χ4v) is 7.78. The van der Waals surface area contributed by atoms with Gasteiger partial charge in [0.15, 0.2) is 0 Å². The first-order valence-electron chi connectivity index (χ1n) is 9.17. The molecular formula is C24H22NO2P. The highest BCUT2D eigenvalue weighted by Gasteiger charge is 2.35. The van der Waals surface area contributed by atoms with E-state index in [4.69, 9.17) is 11.3 Å². The molecule has 0 N–H and O–H groups in total. The minimum atomic E-state index is -2.54. The van der Waals surface area contributed by atoms with Crippen LogP contribution in [-0.2, 0) is 9.53 Å². The number of hydrogen-bond acceptors (Lipinski definition) is 2. The molecule has 0 aliphatic rings. The van der Waals surface area contributed by atoms with Gasteiger partial charge in [-0.2, -0.15) is 0 Å². The van der Waals surface area contributed by atoms with Gasteiger partial charge in [-0.3, -0.25) is 0 Å². The van der Waals surface area contributed by atoms with Crippen LogP contribution in [0.5, 0.6) is 0 Å². The Bertz CT molecular complexity index is 919. The second-order valence-electron chi connectivity index (χ2n) is 6.16. The van der Waals surface area contributed by atoms with Gasteiger partial charge in [0.05, 0.1) is 6.61 Å². The lowest BCUT2D eigenvalue weighted by atomic mass is 10.3. The summed E-state index contributed by atoms with van der Waals surface area (Å²) in [5, 5.41) is 3.66. The van der Waals surface area contributed by atoms with E-state index in [9.17, 15) is 4.79 Å². The molecule has 3 rings (SSSR count). The van der Waals surface area contributed by atoms with E-state index in [1.165, 1.54) is 0 Å². The van der Waals surface area contributed by atoms with E-state index in [2.05, 4.69) is 41.2 Å². The molecular weight excluding hydrogens is 365 g/mol. The van der Waals surface area contributed by atoms with Crippen LogP contribution >= 0.6 is 6.89 Å². The number of ether oxygens (including phenoxy) is 1. The molecule has 0 amide bonds. The summed E-state index contributed by atoms with van der Waals surface area (Å²) in [5.41, 5.74) is 0. The standard InChI is InChI=1S/C24H22NO2P/c1-3-27-24(26)23(19-25-2)28(20-13-7-4-8-14-20,21-15-9-5-10-16-21)22-17-11-6-12-18-22/h4-18H,3,19H2,1H3. The lowest BCUT2D eigenvalue weighted by Crippen LogP contribution is -2.35. The Morgan fingerprint density at radius 2 is 1.21 bits per heavy atom. The van der Waals surface area contributed by atoms with Crippen molar-refractivity contribution in [1.29, 1.82) is 0 Å². The quantitative estimate of drug-likeness (QED) is 0.367. The number of carbonyl (C=O) groups excluding carboxylic acids is 1. The van der Waals surface area contributed by atoms with Crippen molar-refractivity contribution in [2.75, 3.05) is 13.2 Å². The highest BCUT2D eigenvalue weighted by molar-refractivity contribution is 7.96. The molecule has 0 radical (unpaired) electrons. The van der Waals surface area contributed by atoms with Gasteiger partial charge in [-0.05, 0) is 29.7 Å². The van der Waals surface area contributed by atoms with Gasteiger partial charge in [0.1, 0.15) is 5.29 Å². The van der Waals surface area contributed by atoms with Crippen molar-refractivity contribution in [2.24, 2.45) is 0 Å². The van der Waals surface area contributed by atoms with Crippen LogP contribution in [0.1, 0.15) is 6.92 Å². The van der Waals surface area contributed by atoms with Crippen molar-refractivity contribution < 1.29 is 9.53 Å². The van der Waals surface area contributed by atoms with E-state index in [0.717, 1.165) is 15.9 Å². The van der Waals surface area contributed by atoms with Crippen molar-refractivity contribution in [3.05, 3.63) is 102 Å². The smallest absolute Gasteiger partial charge is 0.342 e. The van der Waals surface area contributed by atoms with Gasteiger partial charge in [-0.15, -0.1) is 0 Å². The van der Waals surface area contributed by atoms with E-state index in [1.807, 2.05) is 54.6 Å². The Balaban J connectivity index is 2.56. The fourth-order valence-electron chi connectivity index (χ4n) is 3.47. The number of benzene rings is 3. The number of hydrogen-bond donors (Lipinski definition) is 0. The summed E-state index contributed by atoms with van der Waals surface area (Å²) in [7, 11) is 0. The first kappa shape index (κ1) is 19.7. The van der Waals surface area contributed by atoms with E-state index in [1.54, 1.807) is 6.92 Å². The fraction of sp³-hybridized carbons (Fsp3) is 0.125. The molecule has 3 aromatic carbocycles. The van der Waals surface area contributed by atoms with Gasteiger partial charge in [0, 0.05) is 0 Å². The number of carbonyl (C=O) groups is 1. The molecule has 0 saturated heterocycles. The summed E-state index contributed by atoms with van der Waals surface area (Å²) in [4.78, 5) is 16.7. The molecule has 0 bridgehead atoms. The van der Waals surface area contributed by atoms with E-state index in [0.29, 0.717) is 5.29 Å². The monoisotopic (exact) mass is 387 g/mol. The molecule has 0 heterocycles. The van der Waals surface area contributed by atoms with E-state index in [-0.39, 0.29) is 19.1 Å². The van der Waals surface area contributed by atoms with Gasteiger partial charge in [-0.1, -0.05) is 91.0 Å². The van der Waals surface area contributed by atoms with E-state index >= 15 is 0 Å². The summed E-state index contributed by atoms with van der Waals surface area (Å²) in [6.45, 7) is 7.08. The van der Waals surface area contributed by atoms with Gasteiger partial charge >= 0.3 is 5.97 Å². The predicted molar refractivity (Wildman–Crippen MR) is 118 cm³/mol. The van der Waals surface area contributed by atoms with Crippen LogP contribution in [0, 0.1) is 6.57 Å². The molecule has 0 unspecified atom stereocenters. The molecule has 28 heavy (non-hydrogen) atoms. The third-order valence-corrected chi connectivity index (χ3v) is 8.93. The van der Waals surface area contributed by atoms with E-state index < -0.39 is 6.89 Å². The summed E-state index contributed by atoms with van der Waals surface area (Å²) in [6.07, 6.45) is 0. The molecule has 0 spiro atoms. The van der Waals surface area contributed by atoms with Gasteiger partial charge in [-0.25, -0.2) is 11.4 Å². The van der Waals surface area contributed by atoms with Crippen molar-refractivity contribution in [1.82, 2.24) is 0 Å². The molecule has 0 atom stereocenters. The molecule has 3 aromatic rings. The van der Waals surface area contributed by atoms with Gasteiger partial charge in [0.25, 0.3) is 0 Å². The van der Waals surface area contributed by atoms with Crippen molar-refractivity contribution in [3.8, 4) is 0 Å². The van der Waals surface area contributed by atoms with Gasteiger partial charge < -0.3 is 9.58 Å². The van der Waals surface area contributed by atoms with Crippen LogP contribution < -0.4 is 15.9 Å². The first-order chi connectivity index (χ1) is 13.7. The minimum Gasteiger partial charge on any atom is -0.462 e. The zero-order chi connectivity index (χ0) is 19.8. The molecule has 3 nitrogen and oxygen atoms in total. The Labute approximate surface area is 166 Å². The number of esters is 1. The maximum atomic E-state index is 13.1. The van der Waals surface area contributed by atoms with Crippen LogP contribution in [0.3, 0.4) is 0 Å². The maximum absolute atomic E-state index is 13.1. The molecule has 140 valence electrons. The highest BCUT2D eigenvalue weighted by Crippen LogP contribution is 2.46. The van der Waals surface area contributed by atoms with Crippen molar-refractivity contribution in [3.63, 3.8) is 0 Å². The molecule has 0 fully saturated rings. The summed E-state index contributed by atoms with van der Waals surface area (Å²) in [6, 6.07) is 30.1. The van der Waals surface area contributed by atoms with Crippen LogP contribution in [0.15, 0.2) is 91.0 Å². The van der Waals surface area contributed by atoms with Gasteiger partial charge in [0.2, 0.25) is 6.54 Å². The SMILES string of the molecule is [C-]#[N+]CC(C(=O)OCC)=P(c1ccccc1)(c1ccccc1)c1ccccc1. The zero-order valence-corrected chi connectivity index (χ0v) is 16.7. The second kappa shape index (κ2) is 9.22. The number of rotatable bonds is 6. The normalized spacial score (nSPS) is 10.7. The highest BCUT2D eigenvalue weighted by atomic mass is 31.2. The summed E-state index contributed by atoms with van der Waals surface area (Å²) in [5.74, 6) is -0.386. The third kappa shape index (κ3) is 3.65. The topological polar surface area (TPSA) is 30.7 Å². The Morgan fingerprint density at radius 3 is 1.54 bits per heavy atom. The Morgan fingerprint density at radius 1 is 0.821 bits per heavy atom. The molecule has 0 aliphatic heterocycles. The van der Waals surface area contributed by atoms with Crippen molar-refractivity contribution >= 4 is 34.1 Å². The van der Waals surface area contributed by atoms with Crippen LogP contribution in [0.4, 0.5) is 0 Å². The first-order valence-corrected chi connectivity index (χ1v) is 11.0. The zero-order valence-electron chi connectivity index (χ0n) is 15.8. The summed E-state index contributed by atoms with van der Waals surface area (Å²) >= 11 is 0. The molecule has 0 aromatic heterocycles. The number of nitrogens with zero attached hydrogens (tertiary/aromatic N) is 1. The molecule has 4 heteroatoms. The van der Waals surface area contributed by atoms with Crippen LogP contribution in [0.2, 0.25) is 0 Å².